The van der Waals surface area contributed by atoms with Crippen LogP contribution in [0, 0.1) is 6.92 Å². The van der Waals surface area contributed by atoms with Crippen molar-refractivity contribution in [1.82, 2.24) is 15.0 Å². The van der Waals surface area contributed by atoms with Gasteiger partial charge in [0.05, 0.1) is 5.39 Å². The second-order valence-electron chi connectivity index (χ2n) is 5.15. The summed E-state index contributed by atoms with van der Waals surface area (Å²) in [6, 6.07) is 12.2. The van der Waals surface area contributed by atoms with Crippen LogP contribution in [-0.2, 0) is 6.54 Å². The standard InChI is InChI=1S/C16H17N5/c1-11-3-5-12(6-4-11)9-21(2)16-13-7-8-14(17)20-15(13)18-10-19-16/h3-8,10H,9H2,1-2H3,(H2,17,18,19,20). The predicted molar refractivity (Wildman–Crippen MR) is 85.0 cm³/mol. The molecule has 1 aromatic carbocycles. The maximum absolute atomic E-state index is 5.70. The third kappa shape index (κ3) is 2.76. The van der Waals surface area contributed by atoms with E-state index in [1.165, 1.54) is 17.5 Å². The van der Waals surface area contributed by atoms with Gasteiger partial charge in [0.2, 0.25) is 0 Å². The molecule has 0 spiro atoms. The first-order valence-electron chi connectivity index (χ1n) is 6.77. The molecule has 5 heteroatoms. The molecule has 0 amide bonds. The molecule has 2 heterocycles. The van der Waals surface area contributed by atoms with Gasteiger partial charge < -0.3 is 10.6 Å². The minimum Gasteiger partial charge on any atom is -0.384 e. The third-order valence-corrected chi connectivity index (χ3v) is 3.40. The molecule has 0 saturated carbocycles. The normalized spacial score (nSPS) is 10.8. The summed E-state index contributed by atoms with van der Waals surface area (Å²) in [6.45, 7) is 2.86. The number of pyridine rings is 1. The summed E-state index contributed by atoms with van der Waals surface area (Å²) in [7, 11) is 2.01. The van der Waals surface area contributed by atoms with Crippen LogP contribution in [0.5, 0.6) is 0 Å². The molecule has 2 N–H and O–H groups in total. The largest absolute Gasteiger partial charge is 0.384 e. The molecule has 0 aliphatic heterocycles. The lowest BCUT2D eigenvalue weighted by Gasteiger charge is -2.19. The molecule has 2 aromatic heterocycles. The van der Waals surface area contributed by atoms with Crippen molar-refractivity contribution in [2.24, 2.45) is 0 Å². The molecule has 0 unspecified atom stereocenters. The van der Waals surface area contributed by atoms with Crippen LogP contribution in [-0.4, -0.2) is 22.0 Å². The van der Waals surface area contributed by atoms with Crippen molar-refractivity contribution >= 4 is 22.7 Å². The first kappa shape index (κ1) is 13.3. The SMILES string of the molecule is Cc1ccc(CN(C)c2ncnc3nc(N)ccc23)cc1. The van der Waals surface area contributed by atoms with Gasteiger partial charge in [0.25, 0.3) is 0 Å². The highest BCUT2D eigenvalue weighted by molar-refractivity contribution is 5.87. The van der Waals surface area contributed by atoms with Crippen LogP contribution in [0.4, 0.5) is 11.6 Å². The lowest BCUT2D eigenvalue weighted by Crippen LogP contribution is -2.18. The van der Waals surface area contributed by atoms with Crippen molar-refractivity contribution in [2.75, 3.05) is 17.7 Å². The zero-order valence-corrected chi connectivity index (χ0v) is 12.1. The van der Waals surface area contributed by atoms with Crippen LogP contribution >= 0.6 is 0 Å². The summed E-state index contributed by atoms with van der Waals surface area (Å²) in [5.74, 6) is 1.32. The Bertz CT molecular complexity index is 767. The number of rotatable bonds is 3. The van der Waals surface area contributed by atoms with Crippen LogP contribution in [0.25, 0.3) is 11.0 Å². The van der Waals surface area contributed by atoms with Crippen LogP contribution in [0.1, 0.15) is 11.1 Å². The summed E-state index contributed by atoms with van der Waals surface area (Å²) < 4.78 is 0. The molecule has 0 aliphatic rings. The number of aromatic nitrogens is 3. The van der Waals surface area contributed by atoms with Gasteiger partial charge in [-0.3, -0.25) is 0 Å². The topological polar surface area (TPSA) is 67.9 Å². The number of aryl methyl sites for hydroxylation is 1. The summed E-state index contributed by atoms with van der Waals surface area (Å²) in [5, 5.41) is 0.904. The van der Waals surface area contributed by atoms with E-state index in [1.807, 2.05) is 13.1 Å². The molecule has 0 fully saturated rings. The van der Waals surface area contributed by atoms with E-state index >= 15 is 0 Å². The Morgan fingerprint density at radius 3 is 2.57 bits per heavy atom. The predicted octanol–water partition coefficient (Wildman–Crippen LogP) is 2.55. The van der Waals surface area contributed by atoms with Crippen molar-refractivity contribution in [3.05, 3.63) is 53.9 Å². The van der Waals surface area contributed by atoms with Gasteiger partial charge in [-0.05, 0) is 24.6 Å². The monoisotopic (exact) mass is 279 g/mol. The number of fused-ring (bicyclic) bond motifs is 1. The number of nitrogen functional groups attached to an aromatic ring is 1. The first-order chi connectivity index (χ1) is 10.1. The first-order valence-corrected chi connectivity index (χ1v) is 6.77. The van der Waals surface area contributed by atoms with Crippen molar-refractivity contribution < 1.29 is 0 Å². The number of nitrogens with zero attached hydrogens (tertiary/aromatic N) is 4. The summed E-state index contributed by atoms with van der Waals surface area (Å²) in [5.41, 5.74) is 8.82. The van der Waals surface area contributed by atoms with Crippen LogP contribution in [0.15, 0.2) is 42.7 Å². The number of anilines is 2. The highest BCUT2D eigenvalue weighted by Gasteiger charge is 2.10. The van der Waals surface area contributed by atoms with Gasteiger partial charge in [-0.1, -0.05) is 29.8 Å². The lowest BCUT2D eigenvalue weighted by atomic mass is 10.1. The molecule has 0 saturated heterocycles. The molecular formula is C16H17N5. The highest BCUT2D eigenvalue weighted by Crippen LogP contribution is 2.22. The average Bonchev–Trinajstić information content (AvgIpc) is 2.48. The smallest absolute Gasteiger partial charge is 0.166 e. The van der Waals surface area contributed by atoms with Gasteiger partial charge in [-0.25, -0.2) is 15.0 Å². The minimum atomic E-state index is 0.466. The average molecular weight is 279 g/mol. The van der Waals surface area contributed by atoms with Crippen molar-refractivity contribution in [1.29, 1.82) is 0 Å². The van der Waals surface area contributed by atoms with Gasteiger partial charge >= 0.3 is 0 Å². The Morgan fingerprint density at radius 2 is 1.81 bits per heavy atom. The van der Waals surface area contributed by atoms with Crippen LogP contribution in [0.2, 0.25) is 0 Å². The van der Waals surface area contributed by atoms with E-state index in [9.17, 15) is 0 Å². The lowest BCUT2D eigenvalue weighted by molar-refractivity contribution is 0.898. The third-order valence-electron chi connectivity index (χ3n) is 3.40. The molecule has 106 valence electrons. The van der Waals surface area contributed by atoms with E-state index in [4.69, 9.17) is 5.73 Å². The van der Waals surface area contributed by atoms with Crippen LogP contribution < -0.4 is 10.6 Å². The summed E-state index contributed by atoms with van der Waals surface area (Å²) >= 11 is 0. The fraction of sp³-hybridized carbons (Fsp3) is 0.188. The second-order valence-corrected chi connectivity index (χ2v) is 5.15. The molecule has 21 heavy (non-hydrogen) atoms. The quantitative estimate of drug-likeness (QED) is 0.798. The Labute approximate surface area is 123 Å². The fourth-order valence-electron chi connectivity index (χ4n) is 2.29. The van der Waals surface area contributed by atoms with Gasteiger partial charge in [0.1, 0.15) is 18.0 Å². The van der Waals surface area contributed by atoms with E-state index in [1.54, 1.807) is 6.07 Å². The maximum Gasteiger partial charge on any atom is 0.166 e. The van der Waals surface area contributed by atoms with Gasteiger partial charge in [-0.2, -0.15) is 0 Å². The number of benzene rings is 1. The molecule has 0 aliphatic carbocycles. The Balaban J connectivity index is 1.94. The zero-order chi connectivity index (χ0) is 14.8. The highest BCUT2D eigenvalue weighted by atomic mass is 15.2. The number of hydrogen-bond acceptors (Lipinski definition) is 5. The van der Waals surface area contributed by atoms with E-state index in [-0.39, 0.29) is 0 Å². The molecule has 3 aromatic rings. The van der Waals surface area contributed by atoms with E-state index < -0.39 is 0 Å². The van der Waals surface area contributed by atoms with Crippen molar-refractivity contribution in [2.45, 2.75) is 13.5 Å². The maximum atomic E-state index is 5.70. The summed E-state index contributed by atoms with van der Waals surface area (Å²) in [6.07, 6.45) is 1.52. The molecular weight excluding hydrogens is 262 g/mol. The molecule has 3 rings (SSSR count). The van der Waals surface area contributed by atoms with Crippen molar-refractivity contribution in [3.8, 4) is 0 Å². The van der Waals surface area contributed by atoms with E-state index in [2.05, 4.69) is 51.0 Å². The van der Waals surface area contributed by atoms with Crippen molar-refractivity contribution in [3.63, 3.8) is 0 Å². The summed E-state index contributed by atoms with van der Waals surface area (Å²) in [4.78, 5) is 14.9. The Hall–Kier alpha value is -2.69. The van der Waals surface area contributed by atoms with Gasteiger partial charge in [0.15, 0.2) is 5.65 Å². The Morgan fingerprint density at radius 1 is 1.05 bits per heavy atom. The second kappa shape index (κ2) is 5.36. The van der Waals surface area contributed by atoms with Crippen LogP contribution in [0.3, 0.4) is 0 Å². The van der Waals surface area contributed by atoms with Gasteiger partial charge in [0, 0.05) is 13.6 Å². The zero-order valence-electron chi connectivity index (χ0n) is 12.1. The molecule has 5 nitrogen and oxygen atoms in total. The molecule has 0 radical (unpaired) electrons. The van der Waals surface area contributed by atoms with Gasteiger partial charge in [-0.15, -0.1) is 0 Å². The molecule has 0 atom stereocenters. The van der Waals surface area contributed by atoms with E-state index in [0.717, 1.165) is 17.7 Å². The molecule has 0 bridgehead atoms. The number of hydrogen-bond donors (Lipinski definition) is 1. The number of nitrogens with two attached hydrogens (primary N) is 1. The van der Waals surface area contributed by atoms with E-state index in [0.29, 0.717) is 11.5 Å². The fourth-order valence-corrected chi connectivity index (χ4v) is 2.29. The Kier molecular flexibility index (Phi) is 3.39. The minimum absolute atomic E-state index is 0.466.